The van der Waals surface area contributed by atoms with Crippen molar-refractivity contribution in [2.24, 2.45) is 0 Å². The van der Waals surface area contributed by atoms with Crippen LogP contribution < -0.4 is 4.74 Å². The highest BCUT2D eigenvalue weighted by Gasteiger charge is 2.37. The number of hydrogen-bond acceptors (Lipinski definition) is 5. The van der Waals surface area contributed by atoms with Gasteiger partial charge in [0.15, 0.2) is 11.3 Å². The molecule has 0 bridgehead atoms. The summed E-state index contributed by atoms with van der Waals surface area (Å²) in [6, 6.07) is 2.88. The number of ether oxygens (including phenoxy) is 1. The first-order chi connectivity index (χ1) is 15.2. The van der Waals surface area contributed by atoms with Crippen molar-refractivity contribution >= 4 is 40.3 Å². The fourth-order valence-corrected chi connectivity index (χ4v) is 4.92. The number of benzene rings is 1. The Morgan fingerprint density at radius 1 is 1.38 bits per heavy atom. The molecule has 0 aliphatic heterocycles. The summed E-state index contributed by atoms with van der Waals surface area (Å²) in [6.45, 7) is 2.32. The normalized spacial score (nSPS) is 18.7. The van der Waals surface area contributed by atoms with Gasteiger partial charge in [0, 0.05) is 10.8 Å². The maximum atomic E-state index is 13.1. The molecular formula is C22H23ClF3NO4S. The SMILES string of the molecule is CCCc1c(OCCCSC2C=CC(CC(=O)O)=CC2Cl)ccc2c(C(F)(F)F)noc12. The van der Waals surface area contributed by atoms with Gasteiger partial charge in [0.1, 0.15) is 5.75 Å². The molecule has 0 amide bonds. The molecule has 1 aromatic carbocycles. The summed E-state index contributed by atoms with van der Waals surface area (Å²) >= 11 is 7.99. The number of aromatic nitrogens is 1. The van der Waals surface area contributed by atoms with E-state index in [9.17, 15) is 18.0 Å². The molecule has 0 saturated heterocycles. The second kappa shape index (κ2) is 10.7. The van der Waals surface area contributed by atoms with Crippen molar-refractivity contribution < 1.29 is 32.3 Å². The van der Waals surface area contributed by atoms with Crippen LogP contribution in [0.25, 0.3) is 11.0 Å². The van der Waals surface area contributed by atoms with Crippen LogP contribution in [-0.4, -0.2) is 39.2 Å². The van der Waals surface area contributed by atoms with Gasteiger partial charge < -0.3 is 14.4 Å². The highest BCUT2D eigenvalue weighted by Crippen LogP contribution is 2.38. The predicted molar refractivity (Wildman–Crippen MR) is 118 cm³/mol. The van der Waals surface area contributed by atoms with Crippen LogP contribution in [0.15, 0.2) is 40.5 Å². The van der Waals surface area contributed by atoms with Crippen LogP contribution >= 0.6 is 23.4 Å². The van der Waals surface area contributed by atoms with Gasteiger partial charge in [-0.2, -0.15) is 24.9 Å². The summed E-state index contributed by atoms with van der Waals surface area (Å²) < 4.78 is 50.2. The highest BCUT2D eigenvalue weighted by atomic mass is 35.5. The molecular weight excluding hydrogens is 467 g/mol. The fourth-order valence-electron chi connectivity index (χ4n) is 3.45. The Labute approximate surface area is 192 Å². The molecule has 1 aromatic heterocycles. The molecule has 5 nitrogen and oxygen atoms in total. The first-order valence-corrected chi connectivity index (χ1v) is 11.7. The summed E-state index contributed by atoms with van der Waals surface area (Å²) in [6.07, 6.45) is 2.78. The molecule has 174 valence electrons. The van der Waals surface area contributed by atoms with Crippen molar-refractivity contribution in [3.05, 3.63) is 47.2 Å². The van der Waals surface area contributed by atoms with E-state index in [0.717, 1.165) is 12.2 Å². The average Bonchev–Trinajstić information content (AvgIpc) is 3.15. The standard InChI is InChI=1S/C22H23ClF3NO4S/c1-2-4-14-17(7-6-15-20(14)31-27-21(15)22(24,25)26)30-9-3-10-32-18-8-5-13(11-16(18)23)12-19(28)29/h5-8,11,16,18H,2-4,9-10,12H2,1H3,(H,28,29). The van der Waals surface area contributed by atoms with Gasteiger partial charge in [0.25, 0.3) is 0 Å². The van der Waals surface area contributed by atoms with E-state index in [2.05, 4.69) is 5.16 Å². The first kappa shape index (κ1) is 24.5. The van der Waals surface area contributed by atoms with Crippen LogP contribution in [-0.2, 0) is 17.4 Å². The maximum absolute atomic E-state index is 13.1. The maximum Gasteiger partial charge on any atom is 0.437 e. The van der Waals surface area contributed by atoms with Crippen molar-refractivity contribution in [2.45, 2.75) is 49.4 Å². The third kappa shape index (κ3) is 6.01. The van der Waals surface area contributed by atoms with Gasteiger partial charge in [-0.15, -0.1) is 11.6 Å². The molecule has 2 aromatic rings. The zero-order valence-electron chi connectivity index (χ0n) is 17.3. The number of fused-ring (bicyclic) bond motifs is 1. The largest absolute Gasteiger partial charge is 0.493 e. The van der Waals surface area contributed by atoms with Crippen LogP contribution in [0.5, 0.6) is 5.75 Å². The zero-order chi connectivity index (χ0) is 23.3. The molecule has 10 heteroatoms. The van der Waals surface area contributed by atoms with Crippen LogP contribution in [0.4, 0.5) is 13.2 Å². The third-order valence-electron chi connectivity index (χ3n) is 4.87. The summed E-state index contributed by atoms with van der Waals surface area (Å²) in [4.78, 5) is 10.8. The average molecular weight is 490 g/mol. The Hall–Kier alpha value is -2.13. The first-order valence-electron chi connectivity index (χ1n) is 10.2. The van der Waals surface area contributed by atoms with Crippen molar-refractivity contribution in [3.8, 4) is 5.75 Å². The number of allylic oxidation sites excluding steroid dienone is 2. The van der Waals surface area contributed by atoms with Crippen LogP contribution in [0.3, 0.4) is 0 Å². The Morgan fingerprint density at radius 2 is 2.16 bits per heavy atom. The molecule has 0 radical (unpaired) electrons. The lowest BCUT2D eigenvalue weighted by atomic mass is 10.0. The van der Waals surface area contributed by atoms with Crippen LogP contribution in [0, 0.1) is 0 Å². The molecule has 1 heterocycles. The molecule has 3 rings (SSSR count). The van der Waals surface area contributed by atoms with Crippen molar-refractivity contribution in [1.82, 2.24) is 5.16 Å². The molecule has 2 atom stereocenters. The Balaban J connectivity index is 1.55. The van der Waals surface area contributed by atoms with Gasteiger partial charge in [-0.05, 0) is 36.3 Å². The van der Waals surface area contributed by atoms with Gasteiger partial charge in [-0.25, -0.2) is 0 Å². The van der Waals surface area contributed by atoms with Gasteiger partial charge >= 0.3 is 12.1 Å². The lowest BCUT2D eigenvalue weighted by Crippen LogP contribution is -2.18. The Morgan fingerprint density at radius 3 is 2.81 bits per heavy atom. The van der Waals surface area contributed by atoms with E-state index in [0.29, 0.717) is 36.3 Å². The van der Waals surface area contributed by atoms with Gasteiger partial charge in [-0.3, -0.25) is 4.79 Å². The Kier molecular flexibility index (Phi) is 8.16. The topological polar surface area (TPSA) is 72.6 Å². The van der Waals surface area contributed by atoms with E-state index < -0.39 is 17.8 Å². The number of aryl methyl sites for hydroxylation is 1. The number of thioether (sulfide) groups is 1. The molecule has 1 aliphatic rings. The van der Waals surface area contributed by atoms with Crippen molar-refractivity contribution in [2.75, 3.05) is 12.4 Å². The minimum Gasteiger partial charge on any atom is -0.493 e. The Bertz CT molecular complexity index is 1020. The smallest absolute Gasteiger partial charge is 0.437 e. The number of nitrogens with zero attached hydrogens (tertiary/aromatic N) is 1. The van der Waals surface area contributed by atoms with Gasteiger partial charge in [0.2, 0.25) is 0 Å². The van der Waals surface area contributed by atoms with E-state index in [4.69, 9.17) is 26.0 Å². The van der Waals surface area contributed by atoms with Gasteiger partial charge in [0.05, 0.1) is 23.8 Å². The van der Waals surface area contributed by atoms with E-state index in [1.165, 1.54) is 6.07 Å². The molecule has 2 unspecified atom stereocenters. The second-order valence-electron chi connectivity index (χ2n) is 7.35. The molecule has 0 saturated carbocycles. The lowest BCUT2D eigenvalue weighted by molar-refractivity contribution is -0.141. The van der Waals surface area contributed by atoms with E-state index in [1.54, 1.807) is 30.0 Å². The number of carboxylic acids is 1. The number of alkyl halides is 4. The van der Waals surface area contributed by atoms with E-state index in [1.807, 2.05) is 13.0 Å². The number of halogens is 4. The number of carboxylic acid groups (broad SMARTS) is 1. The summed E-state index contributed by atoms with van der Waals surface area (Å²) in [5, 5.41) is 11.8. The second-order valence-corrected chi connectivity index (χ2v) is 9.14. The summed E-state index contributed by atoms with van der Waals surface area (Å²) in [7, 11) is 0. The number of rotatable bonds is 10. The molecule has 32 heavy (non-hydrogen) atoms. The van der Waals surface area contributed by atoms with E-state index in [-0.39, 0.29) is 28.0 Å². The highest BCUT2D eigenvalue weighted by molar-refractivity contribution is 8.00. The monoisotopic (exact) mass is 489 g/mol. The van der Waals surface area contributed by atoms with Gasteiger partial charge in [-0.1, -0.05) is 36.7 Å². The number of aliphatic carboxylic acids is 1. The predicted octanol–water partition coefficient (Wildman–Crippen LogP) is 6.25. The van der Waals surface area contributed by atoms with Crippen molar-refractivity contribution in [1.29, 1.82) is 0 Å². The minimum atomic E-state index is -4.58. The molecule has 0 fully saturated rings. The zero-order valence-corrected chi connectivity index (χ0v) is 18.9. The molecule has 0 spiro atoms. The molecule has 1 N–H and O–H groups in total. The quantitative estimate of drug-likeness (QED) is 0.314. The lowest BCUT2D eigenvalue weighted by Gasteiger charge is -2.20. The number of carbonyl (C=O) groups is 1. The number of hydrogen-bond donors (Lipinski definition) is 1. The third-order valence-corrected chi connectivity index (χ3v) is 6.77. The summed E-state index contributed by atoms with van der Waals surface area (Å²) in [5.41, 5.74) is 0.377. The molecule has 1 aliphatic carbocycles. The fraction of sp³-hybridized carbons (Fsp3) is 0.455. The van der Waals surface area contributed by atoms with E-state index >= 15 is 0 Å². The van der Waals surface area contributed by atoms with Crippen LogP contribution in [0.2, 0.25) is 0 Å². The minimum absolute atomic E-state index is 0.0381. The van der Waals surface area contributed by atoms with Crippen molar-refractivity contribution in [3.63, 3.8) is 0 Å². The summed E-state index contributed by atoms with van der Waals surface area (Å²) in [5.74, 6) is 0.364. The van der Waals surface area contributed by atoms with Crippen LogP contribution in [0.1, 0.15) is 37.4 Å².